The Bertz CT molecular complexity index is 735. The molecule has 2 aromatic rings. The van der Waals surface area contributed by atoms with Gasteiger partial charge in [-0.15, -0.1) is 0 Å². The zero-order chi connectivity index (χ0) is 15.6. The number of rotatable bonds is 5. The molecule has 2 aromatic heterocycles. The molecule has 22 heavy (non-hydrogen) atoms. The molecule has 0 saturated carbocycles. The van der Waals surface area contributed by atoms with E-state index >= 15 is 0 Å². The third-order valence-electron chi connectivity index (χ3n) is 4.05. The van der Waals surface area contributed by atoms with Crippen molar-refractivity contribution in [3.63, 3.8) is 0 Å². The van der Waals surface area contributed by atoms with Crippen LogP contribution in [0.15, 0.2) is 24.9 Å². The second-order valence-electron chi connectivity index (χ2n) is 5.85. The van der Waals surface area contributed by atoms with Gasteiger partial charge in [-0.05, 0) is 12.8 Å². The summed E-state index contributed by atoms with van der Waals surface area (Å²) in [5, 5.41) is 3.49. The molecule has 0 aromatic carbocycles. The summed E-state index contributed by atoms with van der Waals surface area (Å²) in [4.78, 5) is 10.7. The van der Waals surface area contributed by atoms with Gasteiger partial charge < -0.3 is 14.6 Å². The molecule has 0 amide bonds. The first-order valence-electron chi connectivity index (χ1n) is 7.44. The largest absolute Gasteiger partial charge is 0.365 e. The van der Waals surface area contributed by atoms with Crippen LogP contribution in [0.5, 0.6) is 0 Å². The van der Waals surface area contributed by atoms with Crippen LogP contribution in [0.2, 0.25) is 0 Å². The molecule has 120 valence electrons. The molecule has 1 aliphatic rings. The first-order chi connectivity index (χ1) is 10.5. The van der Waals surface area contributed by atoms with Crippen LogP contribution < -0.4 is 5.32 Å². The summed E-state index contributed by atoms with van der Waals surface area (Å²) >= 11 is 0. The van der Waals surface area contributed by atoms with E-state index in [9.17, 15) is 8.42 Å². The van der Waals surface area contributed by atoms with Crippen LogP contribution in [0.4, 0.5) is 5.82 Å². The zero-order valence-corrected chi connectivity index (χ0v) is 13.5. The van der Waals surface area contributed by atoms with Crippen molar-refractivity contribution in [3.8, 4) is 0 Å². The van der Waals surface area contributed by atoms with Crippen molar-refractivity contribution < 1.29 is 8.42 Å². The fraction of sp³-hybridized carbons (Fsp3) is 0.571. The number of aromatic nitrogens is 3. The summed E-state index contributed by atoms with van der Waals surface area (Å²) in [6, 6.07) is 0.364. The summed E-state index contributed by atoms with van der Waals surface area (Å²) in [6.07, 6.45) is 10.5. The lowest BCUT2D eigenvalue weighted by Gasteiger charge is -2.32. The molecule has 0 unspecified atom stereocenters. The molecule has 1 aliphatic heterocycles. The number of nitrogens with one attached hydrogen (secondary N) is 1. The predicted octanol–water partition coefficient (Wildman–Crippen LogP) is 0.650. The fourth-order valence-corrected chi connectivity index (χ4v) is 3.34. The normalized spacial score (nSPS) is 17.9. The number of sulfone groups is 1. The standard InChI is InChI=1S/C14H21N5O2S/c1-22(20,21)9-8-18-5-2-12(3-6-18)17-14-13-10-15-11-19(13)7-4-16-14/h4,7,10-12H,2-3,5-6,8-9H2,1H3,(H,16,17). The number of imidazole rings is 1. The third-order valence-corrected chi connectivity index (χ3v) is 4.97. The van der Waals surface area contributed by atoms with Crippen molar-refractivity contribution in [1.29, 1.82) is 0 Å². The Morgan fingerprint density at radius 1 is 1.36 bits per heavy atom. The van der Waals surface area contributed by atoms with Crippen molar-refractivity contribution in [2.75, 3.05) is 37.0 Å². The molecule has 0 bridgehead atoms. The molecule has 7 nitrogen and oxygen atoms in total. The monoisotopic (exact) mass is 323 g/mol. The van der Waals surface area contributed by atoms with E-state index in [1.807, 2.05) is 10.6 Å². The van der Waals surface area contributed by atoms with Gasteiger partial charge in [-0.25, -0.2) is 18.4 Å². The van der Waals surface area contributed by atoms with E-state index < -0.39 is 9.84 Å². The summed E-state index contributed by atoms with van der Waals surface area (Å²) in [5.41, 5.74) is 0.974. The molecular formula is C14H21N5O2S. The number of piperidine rings is 1. The molecule has 1 saturated heterocycles. The summed E-state index contributed by atoms with van der Waals surface area (Å²) < 4.78 is 24.4. The van der Waals surface area contributed by atoms with Crippen molar-refractivity contribution in [3.05, 3.63) is 24.9 Å². The molecule has 3 heterocycles. The smallest absolute Gasteiger partial charge is 0.152 e. The Balaban J connectivity index is 1.55. The predicted molar refractivity (Wildman–Crippen MR) is 85.8 cm³/mol. The van der Waals surface area contributed by atoms with Crippen LogP contribution in [0.3, 0.4) is 0 Å². The van der Waals surface area contributed by atoms with E-state index in [2.05, 4.69) is 20.2 Å². The molecule has 0 radical (unpaired) electrons. The zero-order valence-electron chi connectivity index (χ0n) is 12.6. The minimum atomic E-state index is -2.88. The highest BCUT2D eigenvalue weighted by Gasteiger charge is 2.20. The van der Waals surface area contributed by atoms with Crippen LogP contribution in [0.25, 0.3) is 5.52 Å². The molecule has 1 N–H and O–H groups in total. The second-order valence-corrected chi connectivity index (χ2v) is 8.11. The maximum absolute atomic E-state index is 11.2. The highest BCUT2D eigenvalue weighted by atomic mass is 32.2. The third kappa shape index (κ3) is 3.75. The van der Waals surface area contributed by atoms with E-state index in [-0.39, 0.29) is 5.75 Å². The van der Waals surface area contributed by atoms with Crippen LogP contribution >= 0.6 is 0 Å². The SMILES string of the molecule is CS(=O)(=O)CCN1CCC(Nc2nccn3cncc23)CC1. The average molecular weight is 323 g/mol. The van der Waals surface area contributed by atoms with Crippen LogP contribution in [0, 0.1) is 0 Å². The molecule has 0 spiro atoms. The molecule has 3 rings (SSSR count). The maximum Gasteiger partial charge on any atom is 0.152 e. The quantitative estimate of drug-likeness (QED) is 0.870. The van der Waals surface area contributed by atoms with Gasteiger partial charge in [-0.2, -0.15) is 0 Å². The van der Waals surface area contributed by atoms with Gasteiger partial charge >= 0.3 is 0 Å². The minimum Gasteiger partial charge on any atom is -0.365 e. The Morgan fingerprint density at radius 3 is 2.86 bits per heavy atom. The minimum absolute atomic E-state index is 0.238. The Labute approximate surface area is 130 Å². The number of nitrogens with zero attached hydrogens (tertiary/aromatic N) is 4. The highest BCUT2D eigenvalue weighted by Crippen LogP contribution is 2.18. The maximum atomic E-state index is 11.2. The first-order valence-corrected chi connectivity index (χ1v) is 9.50. The second kappa shape index (κ2) is 6.21. The van der Waals surface area contributed by atoms with E-state index in [1.165, 1.54) is 6.26 Å². The highest BCUT2D eigenvalue weighted by molar-refractivity contribution is 7.90. The number of fused-ring (bicyclic) bond motifs is 1. The molecule has 1 fully saturated rings. The van der Waals surface area contributed by atoms with Crippen LogP contribution in [-0.2, 0) is 9.84 Å². The fourth-order valence-electron chi connectivity index (χ4n) is 2.75. The lowest BCUT2D eigenvalue weighted by molar-refractivity contribution is 0.230. The van der Waals surface area contributed by atoms with E-state index in [4.69, 9.17) is 0 Å². The van der Waals surface area contributed by atoms with Crippen molar-refractivity contribution in [2.45, 2.75) is 18.9 Å². The van der Waals surface area contributed by atoms with E-state index in [0.29, 0.717) is 12.6 Å². The van der Waals surface area contributed by atoms with Gasteiger partial charge in [-0.1, -0.05) is 0 Å². The summed E-state index contributed by atoms with van der Waals surface area (Å²) in [5.74, 6) is 1.09. The van der Waals surface area contributed by atoms with Gasteiger partial charge in [0.2, 0.25) is 0 Å². The van der Waals surface area contributed by atoms with Gasteiger partial charge in [0.25, 0.3) is 0 Å². The summed E-state index contributed by atoms with van der Waals surface area (Å²) in [6.45, 7) is 2.45. The van der Waals surface area contributed by atoms with Gasteiger partial charge in [0.15, 0.2) is 5.82 Å². The topological polar surface area (TPSA) is 79.6 Å². The Kier molecular flexibility index (Phi) is 4.30. The molecule has 0 atom stereocenters. The average Bonchev–Trinajstić information content (AvgIpc) is 2.95. The number of hydrogen-bond donors (Lipinski definition) is 1. The van der Waals surface area contributed by atoms with Crippen LogP contribution in [0.1, 0.15) is 12.8 Å². The molecular weight excluding hydrogens is 302 g/mol. The van der Waals surface area contributed by atoms with Gasteiger partial charge in [0, 0.05) is 44.3 Å². The van der Waals surface area contributed by atoms with Gasteiger partial charge in [0.1, 0.15) is 15.4 Å². The van der Waals surface area contributed by atoms with E-state index in [1.54, 1.807) is 18.7 Å². The first kappa shape index (κ1) is 15.2. The Hall–Kier alpha value is -1.67. The van der Waals surface area contributed by atoms with Crippen molar-refractivity contribution in [1.82, 2.24) is 19.3 Å². The van der Waals surface area contributed by atoms with Gasteiger partial charge in [-0.3, -0.25) is 0 Å². The van der Waals surface area contributed by atoms with Crippen LogP contribution in [-0.4, -0.2) is 65.4 Å². The lowest BCUT2D eigenvalue weighted by atomic mass is 10.1. The number of anilines is 1. The molecule has 0 aliphatic carbocycles. The Morgan fingerprint density at radius 2 is 2.14 bits per heavy atom. The lowest BCUT2D eigenvalue weighted by Crippen LogP contribution is -2.41. The molecule has 8 heteroatoms. The van der Waals surface area contributed by atoms with Crippen molar-refractivity contribution >= 4 is 21.2 Å². The summed E-state index contributed by atoms with van der Waals surface area (Å²) in [7, 11) is -2.88. The van der Waals surface area contributed by atoms with E-state index in [0.717, 1.165) is 37.3 Å². The number of hydrogen-bond acceptors (Lipinski definition) is 6. The van der Waals surface area contributed by atoms with Crippen molar-refractivity contribution in [2.24, 2.45) is 0 Å². The van der Waals surface area contributed by atoms with Gasteiger partial charge in [0.05, 0.1) is 18.3 Å². The number of likely N-dealkylation sites (tertiary alicyclic amines) is 1.